The number of carbonyl (C=O) groups is 2. The van der Waals surface area contributed by atoms with Gasteiger partial charge in [0.15, 0.2) is 0 Å². The molecule has 0 saturated heterocycles. The van der Waals surface area contributed by atoms with Crippen LogP contribution in [0.1, 0.15) is 19.5 Å². The van der Waals surface area contributed by atoms with E-state index in [-0.39, 0.29) is 12.5 Å². The number of amides is 2. The van der Waals surface area contributed by atoms with Crippen LogP contribution in [0.3, 0.4) is 0 Å². The van der Waals surface area contributed by atoms with Crippen molar-refractivity contribution >= 4 is 23.8 Å². The van der Waals surface area contributed by atoms with Crippen molar-refractivity contribution in [2.45, 2.75) is 32.4 Å². The van der Waals surface area contributed by atoms with Crippen molar-refractivity contribution < 1.29 is 14.7 Å². The predicted octanol–water partition coefficient (Wildman–Crippen LogP) is 0.846. The van der Waals surface area contributed by atoms with Crippen LogP contribution in [-0.2, 0) is 11.2 Å². The SMILES string of the molecule is CCSCC(C)NC(=O)N[C@H](Cc1cnc[nH]1)C(=O)O. The van der Waals surface area contributed by atoms with E-state index < -0.39 is 18.0 Å². The van der Waals surface area contributed by atoms with E-state index >= 15 is 0 Å². The normalized spacial score (nSPS) is 13.5. The summed E-state index contributed by atoms with van der Waals surface area (Å²) in [4.78, 5) is 29.5. The summed E-state index contributed by atoms with van der Waals surface area (Å²) in [7, 11) is 0. The molecule has 0 aliphatic rings. The number of aliphatic carboxylic acids is 1. The molecular weight excluding hydrogens is 280 g/mol. The van der Waals surface area contributed by atoms with Crippen LogP contribution in [0.4, 0.5) is 4.79 Å². The molecular formula is C12H20N4O3S. The number of imidazole rings is 1. The summed E-state index contributed by atoms with van der Waals surface area (Å²) in [6.07, 6.45) is 3.18. The Morgan fingerprint density at radius 2 is 2.25 bits per heavy atom. The standard InChI is InChI=1S/C12H20N4O3S/c1-3-20-6-8(2)15-12(19)16-10(11(17)18)4-9-5-13-7-14-9/h5,7-8,10H,3-4,6H2,1-2H3,(H,13,14)(H,17,18)(H2,15,16,19)/t8?,10-/m1/s1. The molecule has 1 rings (SSSR count). The highest BCUT2D eigenvalue weighted by atomic mass is 32.2. The van der Waals surface area contributed by atoms with Gasteiger partial charge in [0, 0.05) is 30.1 Å². The summed E-state index contributed by atoms with van der Waals surface area (Å²) < 4.78 is 0. The molecule has 1 unspecified atom stereocenters. The molecule has 0 saturated carbocycles. The monoisotopic (exact) mass is 300 g/mol. The van der Waals surface area contributed by atoms with Gasteiger partial charge in [-0.05, 0) is 12.7 Å². The van der Waals surface area contributed by atoms with Crippen molar-refractivity contribution in [3.8, 4) is 0 Å². The molecule has 0 aromatic carbocycles. The number of H-pyrrole nitrogens is 1. The smallest absolute Gasteiger partial charge is 0.326 e. The molecule has 2 atom stereocenters. The first kappa shape index (κ1) is 16.4. The van der Waals surface area contributed by atoms with Crippen LogP contribution in [0.25, 0.3) is 0 Å². The highest BCUT2D eigenvalue weighted by molar-refractivity contribution is 7.99. The number of hydrogen-bond acceptors (Lipinski definition) is 4. The number of carbonyl (C=O) groups excluding carboxylic acids is 1. The maximum atomic E-state index is 11.7. The second-order valence-electron chi connectivity index (χ2n) is 4.35. The Morgan fingerprint density at radius 1 is 1.50 bits per heavy atom. The highest BCUT2D eigenvalue weighted by Crippen LogP contribution is 2.02. The average Bonchev–Trinajstić information content (AvgIpc) is 2.88. The minimum atomic E-state index is -1.08. The molecule has 0 spiro atoms. The number of urea groups is 1. The fourth-order valence-electron chi connectivity index (χ4n) is 1.58. The van der Waals surface area contributed by atoms with Gasteiger partial charge in [-0.2, -0.15) is 11.8 Å². The molecule has 1 heterocycles. The van der Waals surface area contributed by atoms with Crippen molar-refractivity contribution in [1.29, 1.82) is 0 Å². The number of nitrogens with one attached hydrogen (secondary N) is 3. The first-order valence-corrected chi connectivity index (χ1v) is 7.53. The maximum Gasteiger partial charge on any atom is 0.326 e. The van der Waals surface area contributed by atoms with Gasteiger partial charge in [-0.3, -0.25) is 0 Å². The Kier molecular flexibility index (Phi) is 6.92. The Hall–Kier alpha value is -1.70. The van der Waals surface area contributed by atoms with E-state index in [1.165, 1.54) is 12.5 Å². The Labute approximate surface area is 121 Å². The maximum absolute atomic E-state index is 11.7. The van der Waals surface area contributed by atoms with Crippen LogP contribution in [-0.4, -0.2) is 50.7 Å². The number of carboxylic acid groups (broad SMARTS) is 1. The summed E-state index contributed by atoms with van der Waals surface area (Å²) in [5.74, 6) is 0.693. The third-order valence-corrected chi connectivity index (χ3v) is 3.68. The molecule has 4 N–H and O–H groups in total. The number of nitrogens with zero attached hydrogens (tertiary/aromatic N) is 1. The lowest BCUT2D eigenvalue weighted by Crippen LogP contribution is -2.49. The molecule has 8 heteroatoms. The number of aromatic nitrogens is 2. The summed E-state index contributed by atoms with van der Waals surface area (Å²) in [5.41, 5.74) is 0.660. The van der Waals surface area contributed by atoms with Gasteiger partial charge in [-0.15, -0.1) is 0 Å². The van der Waals surface area contributed by atoms with Crippen LogP contribution in [0.5, 0.6) is 0 Å². The lowest BCUT2D eigenvalue weighted by molar-refractivity contribution is -0.139. The van der Waals surface area contributed by atoms with Gasteiger partial charge >= 0.3 is 12.0 Å². The zero-order chi connectivity index (χ0) is 15.0. The van der Waals surface area contributed by atoms with Crippen molar-refractivity contribution in [3.63, 3.8) is 0 Å². The van der Waals surface area contributed by atoms with Crippen LogP contribution < -0.4 is 10.6 Å². The summed E-state index contributed by atoms with van der Waals surface area (Å²) in [6.45, 7) is 3.93. The van der Waals surface area contributed by atoms with E-state index in [1.807, 2.05) is 13.8 Å². The lowest BCUT2D eigenvalue weighted by Gasteiger charge is -2.17. The topological polar surface area (TPSA) is 107 Å². The molecule has 0 fully saturated rings. The Morgan fingerprint density at radius 3 is 2.80 bits per heavy atom. The number of carboxylic acids is 1. The van der Waals surface area contributed by atoms with Gasteiger partial charge in [0.2, 0.25) is 0 Å². The van der Waals surface area contributed by atoms with Crippen LogP contribution in [0.2, 0.25) is 0 Å². The van der Waals surface area contributed by atoms with E-state index in [1.54, 1.807) is 11.8 Å². The van der Waals surface area contributed by atoms with Gasteiger partial charge in [-0.25, -0.2) is 14.6 Å². The Balaban J connectivity index is 2.45. The van der Waals surface area contributed by atoms with Crippen molar-refractivity contribution in [2.75, 3.05) is 11.5 Å². The molecule has 7 nitrogen and oxygen atoms in total. The van der Waals surface area contributed by atoms with Crippen molar-refractivity contribution in [1.82, 2.24) is 20.6 Å². The first-order valence-electron chi connectivity index (χ1n) is 6.37. The first-order chi connectivity index (χ1) is 9.52. The molecule has 0 radical (unpaired) electrons. The number of rotatable bonds is 8. The van der Waals surface area contributed by atoms with Crippen LogP contribution in [0.15, 0.2) is 12.5 Å². The molecule has 1 aromatic heterocycles. The molecule has 0 aliphatic carbocycles. The zero-order valence-corrected chi connectivity index (χ0v) is 12.4. The lowest BCUT2D eigenvalue weighted by atomic mass is 10.2. The molecule has 1 aromatic rings. The van der Waals surface area contributed by atoms with Gasteiger partial charge in [-0.1, -0.05) is 6.92 Å². The largest absolute Gasteiger partial charge is 0.480 e. The second kappa shape index (κ2) is 8.47. The fraction of sp³-hybridized carbons (Fsp3) is 0.583. The molecule has 2 amide bonds. The van der Waals surface area contributed by atoms with Gasteiger partial charge < -0.3 is 20.7 Å². The molecule has 0 bridgehead atoms. The van der Waals surface area contributed by atoms with E-state index in [2.05, 4.69) is 20.6 Å². The van der Waals surface area contributed by atoms with E-state index in [9.17, 15) is 9.59 Å². The number of hydrogen-bond donors (Lipinski definition) is 4. The molecule has 0 aliphatic heterocycles. The summed E-state index contributed by atoms with van der Waals surface area (Å²) in [6, 6.07) is -1.47. The zero-order valence-electron chi connectivity index (χ0n) is 11.5. The van der Waals surface area contributed by atoms with Crippen LogP contribution in [0, 0.1) is 0 Å². The number of thioether (sulfide) groups is 1. The van der Waals surface area contributed by atoms with Gasteiger partial charge in [0.25, 0.3) is 0 Å². The average molecular weight is 300 g/mol. The van der Waals surface area contributed by atoms with E-state index in [0.29, 0.717) is 5.69 Å². The minimum Gasteiger partial charge on any atom is -0.480 e. The minimum absolute atomic E-state index is 0.0125. The molecule has 20 heavy (non-hydrogen) atoms. The second-order valence-corrected chi connectivity index (χ2v) is 5.67. The van der Waals surface area contributed by atoms with E-state index in [0.717, 1.165) is 11.5 Å². The summed E-state index contributed by atoms with van der Waals surface area (Å²) in [5, 5.41) is 14.3. The predicted molar refractivity (Wildman–Crippen MR) is 77.8 cm³/mol. The van der Waals surface area contributed by atoms with Gasteiger partial charge in [0.05, 0.1) is 6.33 Å². The van der Waals surface area contributed by atoms with Crippen LogP contribution >= 0.6 is 11.8 Å². The van der Waals surface area contributed by atoms with Gasteiger partial charge in [0.1, 0.15) is 6.04 Å². The number of aromatic amines is 1. The quantitative estimate of drug-likeness (QED) is 0.569. The molecule has 112 valence electrons. The fourth-order valence-corrected chi connectivity index (χ4v) is 2.25. The van der Waals surface area contributed by atoms with E-state index in [4.69, 9.17) is 5.11 Å². The summed E-state index contributed by atoms with van der Waals surface area (Å²) >= 11 is 1.72. The third kappa shape index (κ3) is 5.96. The highest BCUT2D eigenvalue weighted by Gasteiger charge is 2.21. The Bertz CT molecular complexity index is 424. The van der Waals surface area contributed by atoms with Crippen molar-refractivity contribution in [2.24, 2.45) is 0 Å². The third-order valence-electron chi connectivity index (χ3n) is 2.53. The van der Waals surface area contributed by atoms with Crippen molar-refractivity contribution in [3.05, 3.63) is 18.2 Å².